The molecule has 5 heteroatoms. The van der Waals surface area contributed by atoms with Crippen LogP contribution >= 0.6 is 0 Å². The number of Topliss-reactive ketones (excluding diaryl/α,β-unsaturated/α-hetero) is 1. The molecular formula is C16H21F3O2. The van der Waals surface area contributed by atoms with Crippen molar-refractivity contribution in [2.24, 2.45) is 0 Å². The van der Waals surface area contributed by atoms with Crippen LogP contribution in [0, 0.1) is 0 Å². The van der Waals surface area contributed by atoms with Crippen LogP contribution in [0.2, 0.25) is 0 Å². The van der Waals surface area contributed by atoms with Crippen LogP contribution in [0.5, 0.6) is 5.75 Å². The molecule has 0 fully saturated rings. The Morgan fingerprint density at radius 1 is 1.00 bits per heavy atom. The van der Waals surface area contributed by atoms with Crippen LogP contribution in [0.25, 0.3) is 0 Å². The number of carbonyl (C=O) groups is 1. The van der Waals surface area contributed by atoms with Crippen LogP contribution in [-0.2, 0) is 11.0 Å². The van der Waals surface area contributed by atoms with E-state index in [1.807, 2.05) is 0 Å². The summed E-state index contributed by atoms with van der Waals surface area (Å²) < 4.78 is 42.5. The summed E-state index contributed by atoms with van der Waals surface area (Å²) in [5, 5.41) is 0. The number of halogens is 3. The Labute approximate surface area is 123 Å². The lowest BCUT2D eigenvalue weighted by Crippen LogP contribution is -2.04. The predicted octanol–water partition coefficient (Wildman–Crippen LogP) is 5.01. The van der Waals surface area contributed by atoms with Crippen LogP contribution in [0.4, 0.5) is 13.2 Å². The minimum absolute atomic E-state index is 0.223. The van der Waals surface area contributed by atoms with E-state index < -0.39 is 11.7 Å². The molecule has 0 aliphatic heterocycles. The minimum Gasteiger partial charge on any atom is -0.494 e. The Kier molecular flexibility index (Phi) is 7.26. The molecule has 0 atom stereocenters. The number of rotatable bonds is 9. The van der Waals surface area contributed by atoms with Gasteiger partial charge in [-0.3, -0.25) is 0 Å². The van der Waals surface area contributed by atoms with Crippen molar-refractivity contribution in [1.29, 1.82) is 0 Å². The molecule has 0 amide bonds. The maximum absolute atomic E-state index is 12.4. The molecule has 0 aromatic heterocycles. The highest BCUT2D eigenvalue weighted by atomic mass is 19.4. The van der Waals surface area contributed by atoms with Crippen molar-refractivity contribution in [3.8, 4) is 5.75 Å². The van der Waals surface area contributed by atoms with Crippen LogP contribution in [-0.4, -0.2) is 12.4 Å². The highest BCUT2D eigenvalue weighted by molar-refractivity contribution is 5.75. The van der Waals surface area contributed by atoms with Crippen molar-refractivity contribution in [1.82, 2.24) is 0 Å². The molecule has 1 aromatic carbocycles. The summed E-state index contributed by atoms with van der Waals surface area (Å²) in [7, 11) is 0. The number of carbonyl (C=O) groups excluding carboxylic acids is 1. The quantitative estimate of drug-likeness (QED) is 0.599. The van der Waals surface area contributed by atoms with E-state index in [4.69, 9.17) is 4.74 Å². The Morgan fingerprint density at radius 2 is 1.57 bits per heavy atom. The van der Waals surface area contributed by atoms with Gasteiger partial charge >= 0.3 is 6.18 Å². The van der Waals surface area contributed by atoms with Gasteiger partial charge in [0, 0.05) is 6.42 Å². The van der Waals surface area contributed by atoms with Gasteiger partial charge in [0.15, 0.2) is 0 Å². The van der Waals surface area contributed by atoms with Gasteiger partial charge in [0.2, 0.25) is 0 Å². The minimum atomic E-state index is -4.31. The molecule has 0 saturated carbocycles. The first kappa shape index (κ1) is 17.5. The highest BCUT2D eigenvalue weighted by Gasteiger charge is 2.29. The SMILES string of the molecule is CC(=O)CCCCCCCOc1ccc(C(F)(F)F)cc1. The van der Waals surface area contributed by atoms with E-state index in [0.29, 0.717) is 18.8 Å². The van der Waals surface area contributed by atoms with Crippen molar-refractivity contribution in [2.75, 3.05) is 6.61 Å². The Hall–Kier alpha value is -1.52. The molecule has 0 bridgehead atoms. The number of unbranched alkanes of at least 4 members (excludes halogenated alkanes) is 4. The second-order valence-corrected chi connectivity index (χ2v) is 5.09. The van der Waals surface area contributed by atoms with Crippen molar-refractivity contribution in [3.63, 3.8) is 0 Å². The van der Waals surface area contributed by atoms with Crippen molar-refractivity contribution < 1.29 is 22.7 Å². The van der Waals surface area contributed by atoms with E-state index in [1.54, 1.807) is 6.92 Å². The van der Waals surface area contributed by atoms with E-state index in [-0.39, 0.29) is 5.78 Å². The van der Waals surface area contributed by atoms with Crippen molar-refractivity contribution in [3.05, 3.63) is 29.8 Å². The van der Waals surface area contributed by atoms with Crippen LogP contribution in [0.1, 0.15) is 51.0 Å². The number of benzene rings is 1. The van der Waals surface area contributed by atoms with Crippen LogP contribution in [0.15, 0.2) is 24.3 Å². The van der Waals surface area contributed by atoms with Crippen molar-refractivity contribution in [2.45, 2.75) is 51.6 Å². The molecule has 118 valence electrons. The third-order valence-electron chi connectivity index (χ3n) is 3.12. The molecule has 0 spiro atoms. The molecule has 0 saturated heterocycles. The smallest absolute Gasteiger partial charge is 0.416 e. The van der Waals surface area contributed by atoms with Gasteiger partial charge in [-0.25, -0.2) is 0 Å². The zero-order chi connectivity index (χ0) is 15.7. The molecule has 1 aromatic rings. The molecule has 0 heterocycles. The second-order valence-electron chi connectivity index (χ2n) is 5.09. The lowest BCUT2D eigenvalue weighted by molar-refractivity contribution is -0.137. The summed E-state index contributed by atoms with van der Waals surface area (Å²) in [5.74, 6) is 0.681. The Bertz CT molecular complexity index is 424. The number of ketones is 1. The highest BCUT2D eigenvalue weighted by Crippen LogP contribution is 2.30. The van der Waals surface area contributed by atoms with Gasteiger partial charge in [0.1, 0.15) is 11.5 Å². The molecule has 1 rings (SSSR count). The summed E-state index contributed by atoms with van der Waals surface area (Å²) in [6, 6.07) is 4.74. The predicted molar refractivity (Wildman–Crippen MR) is 75.3 cm³/mol. The van der Waals surface area contributed by atoms with E-state index in [1.165, 1.54) is 12.1 Å². The molecular weight excluding hydrogens is 281 g/mol. The molecule has 0 aliphatic carbocycles. The molecule has 0 radical (unpaired) electrons. The second kappa shape index (κ2) is 8.70. The van der Waals surface area contributed by atoms with Crippen LogP contribution < -0.4 is 4.74 Å². The zero-order valence-electron chi connectivity index (χ0n) is 12.2. The summed E-state index contributed by atoms with van der Waals surface area (Å²) in [6.07, 6.45) is 1.19. The normalized spacial score (nSPS) is 11.4. The fourth-order valence-corrected chi connectivity index (χ4v) is 1.94. The monoisotopic (exact) mass is 302 g/mol. The first-order chi connectivity index (χ1) is 9.89. The molecule has 0 aliphatic rings. The maximum Gasteiger partial charge on any atom is 0.416 e. The molecule has 21 heavy (non-hydrogen) atoms. The topological polar surface area (TPSA) is 26.3 Å². The Balaban J connectivity index is 2.12. The first-order valence-electron chi connectivity index (χ1n) is 7.19. The summed E-state index contributed by atoms with van der Waals surface area (Å²) in [5.41, 5.74) is -0.666. The van der Waals surface area contributed by atoms with Gasteiger partial charge in [0.25, 0.3) is 0 Å². The maximum atomic E-state index is 12.4. The van der Waals surface area contributed by atoms with E-state index in [2.05, 4.69) is 0 Å². The van der Waals surface area contributed by atoms with E-state index >= 15 is 0 Å². The number of hydrogen-bond donors (Lipinski definition) is 0. The largest absolute Gasteiger partial charge is 0.494 e. The third-order valence-corrected chi connectivity index (χ3v) is 3.12. The van der Waals surface area contributed by atoms with Gasteiger partial charge in [-0.2, -0.15) is 13.2 Å². The van der Waals surface area contributed by atoms with Gasteiger partial charge in [0.05, 0.1) is 12.2 Å². The van der Waals surface area contributed by atoms with Gasteiger partial charge in [-0.15, -0.1) is 0 Å². The molecule has 0 unspecified atom stereocenters. The zero-order valence-corrected chi connectivity index (χ0v) is 12.2. The lowest BCUT2D eigenvalue weighted by atomic mass is 10.1. The number of hydrogen-bond acceptors (Lipinski definition) is 2. The number of alkyl halides is 3. The fourth-order valence-electron chi connectivity index (χ4n) is 1.94. The van der Waals surface area contributed by atoms with E-state index in [9.17, 15) is 18.0 Å². The average Bonchev–Trinajstić information content (AvgIpc) is 2.41. The lowest BCUT2D eigenvalue weighted by Gasteiger charge is -2.09. The molecule has 2 nitrogen and oxygen atoms in total. The van der Waals surface area contributed by atoms with Crippen LogP contribution in [0.3, 0.4) is 0 Å². The van der Waals surface area contributed by atoms with Gasteiger partial charge in [-0.05, 0) is 44.0 Å². The van der Waals surface area contributed by atoms with E-state index in [0.717, 1.165) is 44.2 Å². The summed E-state index contributed by atoms with van der Waals surface area (Å²) >= 11 is 0. The Morgan fingerprint density at radius 3 is 2.14 bits per heavy atom. The average molecular weight is 302 g/mol. The fraction of sp³-hybridized carbons (Fsp3) is 0.562. The standard InChI is InChI=1S/C16H21F3O2/c1-13(20)7-5-3-2-4-6-12-21-15-10-8-14(9-11-15)16(17,18)19/h8-11H,2-7,12H2,1H3. The van der Waals surface area contributed by atoms with Gasteiger partial charge < -0.3 is 9.53 Å². The van der Waals surface area contributed by atoms with Gasteiger partial charge in [-0.1, -0.05) is 19.3 Å². The summed E-state index contributed by atoms with van der Waals surface area (Å²) in [4.78, 5) is 10.7. The van der Waals surface area contributed by atoms with Crippen molar-refractivity contribution >= 4 is 5.78 Å². The summed E-state index contributed by atoms with van der Waals surface area (Å²) in [6.45, 7) is 2.09. The number of ether oxygens (including phenoxy) is 1. The third kappa shape index (κ3) is 7.73. The molecule has 0 N–H and O–H groups in total. The first-order valence-corrected chi connectivity index (χ1v) is 7.19.